The monoisotopic (exact) mass is 316 g/mol. The van der Waals surface area contributed by atoms with Gasteiger partial charge in [-0.05, 0) is 60.6 Å². The standard InChI is InChI=1S/C22H24N2/c1-17-16-23-20(15-22(17)24-13-4-5-14-24)12-11-19-9-6-8-18-7-2-3-10-21(18)19/h2-3,6-10,15-16H,4-5,11-14H2,1H3. The van der Waals surface area contributed by atoms with Crippen LogP contribution in [0.5, 0.6) is 0 Å². The van der Waals surface area contributed by atoms with E-state index in [-0.39, 0.29) is 0 Å². The molecule has 1 aliphatic heterocycles. The number of rotatable bonds is 4. The molecule has 1 aliphatic rings. The van der Waals surface area contributed by atoms with Crippen molar-refractivity contribution in [1.82, 2.24) is 4.98 Å². The van der Waals surface area contributed by atoms with Gasteiger partial charge in [0.2, 0.25) is 0 Å². The van der Waals surface area contributed by atoms with E-state index in [0.29, 0.717) is 0 Å². The molecule has 1 fully saturated rings. The van der Waals surface area contributed by atoms with Crippen LogP contribution in [0.2, 0.25) is 0 Å². The fraction of sp³-hybridized carbons (Fsp3) is 0.318. The Morgan fingerprint density at radius 1 is 0.958 bits per heavy atom. The SMILES string of the molecule is Cc1cnc(CCc2cccc3ccccc23)cc1N1CCCC1. The fourth-order valence-electron chi connectivity index (χ4n) is 3.76. The van der Waals surface area contributed by atoms with Gasteiger partial charge >= 0.3 is 0 Å². The van der Waals surface area contributed by atoms with Crippen LogP contribution in [0.1, 0.15) is 29.7 Å². The number of aryl methyl sites for hydroxylation is 3. The first-order valence-electron chi connectivity index (χ1n) is 8.98. The van der Waals surface area contributed by atoms with Crippen LogP contribution < -0.4 is 4.90 Å². The highest BCUT2D eigenvalue weighted by Crippen LogP contribution is 2.25. The minimum absolute atomic E-state index is 0.995. The lowest BCUT2D eigenvalue weighted by Gasteiger charge is -2.20. The molecule has 2 aromatic carbocycles. The number of nitrogens with zero attached hydrogens (tertiary/aromatic N) is 2. The summed E-state index contributed by atoms with van der Waals surface area (Å²) in [5.41, 5.74) is 5.30. The van der Waals surface area contributed by atoms with Crippen LogP contribution in [0.15, 0.2) is 54.7 Å². The molecular weight excluding hydrogens is 292 g/mol. The molecule has 0 spiro atoms. The van der Waals surface area contributed by atoms with E-state index >= 15 is 0 Å². The van der Waals surface area contributed by atoms with Crippen molar-refractivity contribution < 1.29 is 0 Å². The molecule has 0 unspecified atom stereocenters. The van der Waals surface area contributed by atoms with E-state index < -0.39 is 0 Å². The largest absolute Gasteiger partial charge is 0.371 e. The molecule has 1 saturated heterocycles. The Kier molecular flexibility index (Phi) is 4.20. The number of hydrogen-bond donors (Lipinski definition) is 0. The fourth-order valence-corrected chi connectivity index (χ4v) is 3.76. The number of aromatic nitrogens is 1. The molecule has 3 aromatic rings. The molecule has 2 heteroatoms. The van der Waals surface area contributed by atoms with Gasteiger partial charge in [-0.3, -0.25) is 4.98 Å². The second-order valence-electron chi connectivity index (χ2n) is 6.79. The summed E-state index contributed by atoms with van der Waals surface area (Å²) in [6, 6.07) is 17.6. The van der Waals surface area contributed by atoms with Gasteiger partial charge in [0.15, 0.2) is 0 Å². The predicted octanol–water partition coefficient (Wildman–Crippen LogP) is 4.93. The van der Waals surface area contributed by atoms with Crippen LogP contribution in [-0.2, 0) is 12.8 Å². The molecule has 0 saturated carbocycles. The highest BCUT2D eigenvalue weighted by molar-refractivity contribution is 5.85. The van der Waals surface area contributed by atoms with Crippen molar-refractivity contribution >= 4 is 16.5 Å². The second-order valence-corrected chi connectivity index (χ2v) is 6.79. The van der Waals surface area contributed by atoms with Gasteiger partial charge in [-0.1, -0.05) is 42.5 Å². The van der Waals surface area contributed by atoms with Crippen molar-refractivity contribution in [3.63, 3.8) is 0 Å². The van der Waals surface area contributed by atoms with Gasteiger partial charge in [0, 0.05) is 30.7 Å². The van der Waals surface area contributed by atoms with E-state index in [1.54, 1.807) is 0 Å². The minimum Gasteiger partial charge on any atom is -0.371 e. The number of anilines is 1. The quantitative estimate of drug-likeness (QED) is 0.678. The molecule has 4 rings (SSSR count). The Bertz CT molecular complexity index is 842. The molecule has 0 aliphatic carbocycles. The zero-order chi connectivity index (χ0) is 16.4. The molecule has 2 nitrogen and oxygen atoms in total. The molecule has 122 valence electrons. The molecule has 24 heavy (non-hydrogen) atoms. The van der Waals surface area contributed by atoms with E-state index in [4.69, 9.17) is 0 Å². The van der Waals surface area contributed by atoms with Crippen molar-refractivity contribution in [2.45, 2.75) is 32.6 Å². The summed E-state index contributed by atoms with van der Waals surface area (Å²) < 4.78 is 0. The summed E-state index contributed by atoms with van der Waals surface area (Å²) in [6.07, 6.45) is 6.71. The van der Waals surface area contributed by atoms with Gasteiger partial charge in [-0.2, -0.15) is 0 Å². The van der Waals surface area contributed by atoms with Crippen molar-refractivity contribution in [1.29, 1.82) is 0 Å². The average molecular weight is 316 g/mol. The van der Waals surface area contributed by atoms with Crippen molar-refractivity contribution in [2.24, 2.45) is 0 Å². The maximum absolute atomic E-state index is 4.68. The van der Waals surface area contributed by atoms with Crippen LogP contribution in [0.3, 0.4) is 0 Å². The Labute approximate surface area is 144 Å². The zero-order valence-electron chi connectivity index (χ0n) is 14.3. The van der Waals surface area contributed by atoms with E-state index in [1.807, 2.05) is 6.20 Å². The number of hydrogen-bond acceptors (Lipinski definition) is 2. The summed E-state index contributed by atoms with van der Waals surface area (Å²) >= 11 is 0. The van der Waals surface area contributed by atoms with Crippen LogP contribution in [0.4, 0.5) is 5.69 Å². The zero-order valence-corrected chi connectivity index (χ0v) is 14.3. The highest BCUT2D eigenvalue weighted by atomic mass is 15.1. The molecule has 0 N–H and O–H groups in total. The Morgan fingerprint density at radius 2 is 1.75 bits per heavy atom. The van der Waals surface area contributed by atoms with E-state index in [0.717, 1.165) is 12.8 Å². The summed E-state index contributed by atoms with van der Waals surface area (Å²) in [5, 5.41) is 2.69. The van der Waals surface area contributed by atoms with Crippen LogP contribution in [0, 0.1) is 6.92 Å². The Balaban J connectivity index is 1.56. The first-order valence-corrected chi connectivity index (χ1v) is 8.98. The van der Waals surface area contributed by atoms with Crippen molar-refractivity contribution in [3.8, 4) is 0 Å². The van der Waals surface area contributed by atoms with Crippen LogP contribution >= 0.6 is 0 Å². The van der Waals surface area contributed by atoms with Gasteiger partial charge in [0.25, 0.3) is 0 Å². The third-order valence-electron chi connectivity index (χ3n) is 5.11. The summed E-state index contributed by atoms with van der Waals surface area (Å²) in [7, 11) is 0. The molecule has 1 aromatic heterocycles. The molecule has 0 radical (unpaired) electrons. The Hall–Kier alpha value is -2.35. The molecule has 0 amide bonds. The first kappa shape index (κ1) is 15.2. The van der Waals surface area contributed by atoms with Gasteiger partial charge in [0.05, 0.1) is 0 Å². The van der Waals surface area contributed by atoms with Crippen molar-refractivity contribution in [3.05, 3.63) is 71.5 Å². The summed E-state index contributed by atoms with van der Waals surface area (Å²) in [4.78, 5) is 7.19. The topological polar surface area (TPSA) is 16.1 Å². The lowest BCUT2D eigenvalue weighted by molar-refractivity contribution is 0.899. The molecule has 2 heterocycles. The van der Waals surface area contributed by atoms with E-state index in [2.05, 4.69) is 65.3 Å². The average Bonchev–Trinajstić information content (AvgIpc) is 3.15. The summed E-state index contributed by atoms with van der Waals surface area (Å²) in [5.74, 6) is 0. The van der Waals surface area contributed by atoms with Gasteiger partial charge in [0.1, 0.15) is 0 Å². The van der Waals surface area contributed by atoms with E-state index in [1.165, 1.54) is 59.2 Å². The highest BCUT2D eigenvalue weighted by Gasteiger charge is 2.15. The number of pyridine rings is 1. The third kappa shape index (κ3) is 3.01. The maximum Gasteiger partial charge on any atom is 0.0429 e. The lowest BCUT2D eigenvalue weighted by atomic mass is 10.00. The Morgan fingerprint density at radius 3 is 2.62 bits per heavy atom. The van der Waals surface area contributed by atoms with Gasteiger partial charge in [-0.25, -0.2) is 0 Å². The van der Waals surface area contributed by atoms with Crippen molar-refractivity contribution in [2.75, 3.05) is 18.0 Å². The first-order chi connectivity index (χ1) is 11.8. The van der Waals surface area contributed by atoms with E-state index in [9.17, 15) is 0 Å². The van der Waals surface area contributed by atoms with Gasteiger partial charge < -0.3 is 4.90 Å². The van der Waals surface area contributed by atoms with Crippen LogP contribution in [0.25, 0.3) is 10.8 Å². The van der Waals surface area contributed by atoms with Gasteiger partial charge in [-0.15, -0.1) is 0 Å². The smallest absolute Gasteiger partial charge is 0.0429 e. The maximum atomic E-state index is 4.68. The second kappa shape index (κ2) is 6.64. The van der Waals surface area contributed by atoms with Crippen LogP contribution in [-0.4, -0.2) is 18.1 Å². The molecule has 0 bridgehead atoms. The lowest BCUT2D eigenvalue weighted by Crippen LogP contribution is -2.19. The molecular formula is C22H24N2. The number of benzene rings is 2. The normalized spacial score (nSPS) is 14.5. The predicted molar refractivity (Wildman–Crippen MR) is 102 cm³/mol. The molecule has 0 atom stereocenters. The summed E-state index contributed by atoms with van der Waals surface area (Å²) in [6.45, 7) is 4.55. The minimum atomic E-state index is 0.995. The third-order valence-corrected chi connectivity index (χ3v) is 5.11. The number of fused-ring (bicyclic) bond motifs is 1.